The molecule has 1 unspecified atom stereocenters. The molecule has 0 spiro atoms. The zero-order chi connectivity index (χ0) is 18.9. The van der Waals surface area contributed by atoms with Crippen LogP contribution in [0.15, 0.2) is 48.5 Å². The van der Waals surface area contributed by atoms with Gasteiger partial charge in [-0.25, -0.2) is 0 Å². The summed E-state index contributed by atoms with van der Waals surface area (Å²) in [6.45, 7) is 9.10. The molecular weight excluding hydrogens is 324 g/mol. The Hall–Kier alpha value is -2.04. The Labute approximate surface area is 158 Å². The van der Waals surface area contributed by atoms with E-state index in [0.717, 1.165) is 30.2 Å². The fourth-order valence-electron chi connectivity index (χ4n) is 2.64. The van der Waals surface area contributed by atoms with Crippen molar-refractivity contribution in [3.63, 3.8) is 0 Å². The summed E-state index contributed by atoms with van der Waals surface area (Å²) in [6.07, 6.45) is 0. The monoisotopic (exact) mass is 356 g/mol. The third-order valence-electron chi connectivity index (χ3n) is 4.72. The molecule has 0 radical (unpaired) electrons. The van der Waals surface area contributed by atoms with Crippen molar-refractivity contribution in [2.45, 2.75) is 39.5 Å². The van der Waals surface area contributed by atoms with E-state index in [9.17, 15) is 0 Å². The number of likely N-dealkylation sites (N-methyl/N-ethyl adjacent to an activating group) is 1. The predicted octanol–water partition coefficient (Wildman–Crippen LogP) is 4.27. The summed E-state index contributed by atoms with van der Waals surface area (Å²) in [7, 11) is 3.84. The second-order valence-corrected chi connectivity index (χ2v) is 6.93. The fourth-order valence-corrected chi connectivity index (χ4v) is 2.64. The van der Waals surface area contributed by atoms with Crippen molar-refractivity contribution in [2.75, 3.05) is 27.2 Å². The van der Waals surface area contributed by atoms with Crippen molar-refractivity contribution in [2.24, 2.45) is 0 Å². The van der Waals surface area contributed by atoms with Gasteiger partial charge in [-0.05, 0) is 51.1 Å². The molecule has 0 saturated heterocycles. The van der Waals surface area contributed by atoms with Crippen molar-refractivity contribution in [3.8, 4) is 11.5 Å². The first kappa shape index (κ1) is 20.3. The van der Waals surface area contributed by atoms with E-state index in [0.29, 0.717) is 12.6 Å². The first-order valence-corrected chi connectivity index (χ1v) is 9.29. The van der Waals surface area contributed by atoms with Crippen molar-refractivity contribution in [3.05, 3.63) is 59.7 Å². The van der Waals surface area contributed by atoms with E-state index >= 15 is 0 Å². The topological polar surface area (TPSA) is 33.7 Å². The molecule has 142 valence electrons. The molecule has 1 N–H and O–H groups in total. The molecule has 2 aromatic carbocycles. The van der Waals surface area contributed by atoms with Crippen molar-refractivity contribution < 1.29 is 9.47 Å². The molecular formula is C22H32N2O2. The molecule has 1 atom stereocenters. The molecule has 0 aliphatic carbocycles. The van der Waals surface area contributed by atoms with Gasteiger partial charge in [0.1, 0.15) is 6.61 Å². The maximum absolute atomic E-state index is 5.94. The fraction of sp³-hybridized carbons (Fsp3) is 0.455. The molecule has 0 aromatic heterocycles. The highest BCUT2D eigenvalue weighted by Crippen LogP contribution is 2.30. The number of hydrogen-bond donors (Lipinski definition) is 1. The molecule has 2 aromatic rings. The minimum atomic E-state index is 0.257. The van der Waals surface area contributed by atoms with Crippen molar-refractivity contribution in [1.82, 2.24) is 10.2 Å². The molecule has 0 aliphatic rings. The normalized spacial score (nSPS) is 12.4. The van der Waals surface area contributed by atoms with Gasteiger partial charge in [0.15, 0.2) is 11.5 Å². The van der Waals surface area contributed by atoms with Crippen LogP contribution in [-0.4, -0.2) is 38.2 Å². The molecule has 2 rings (SSSR count). The quantitative estimate of drug-likeness (QED) is 0.689. The van der Waals surface area contributed by atoms with Crippen LogP contribution in [0.3, 0.4) is 0 Å². The second-order valence-electron chi connectivity index (χ2n) is 6.93. The molecule has 0 aliphatic heterocycles. The van der Waals surface area contributed by atoms with Gasteiger partial charge in [-0.2, -0.15) is 0 Å². The van der Waals surface area contributed by atoms with Gasteiger partial charge in [-0.15, -0.1) is 0 Å². The minimum Gasteiger partial charge on any atom is -0.493 e. The Morgan fingerprint density at radius 3 is 2.38 bits per heavy atom. The lowest BCUT2D eigenvalue weighted by Gasteiger charge is -2.23. The van der Waals surface area contributed by atoms with Gasteiger partial charge in [0, 0.05) is 25.2 Å². The van der Waals surface area contributed by atoms with E-state index < -0.39 is 0 Å². The van der Waals surface area contributed by atoms with Crippen LogP contribution in [0.5, 0.6) is 11.5 Å². The molecule has 4 heteroatoms. The van der Waals surface area contributed by atoms with Crippen molar-refractivity contribution in [1.29, 1.82) is 0 Å². The van der Waals surface area contributed by atoms with E-state index in [1.807, 2.05) is 24.3 Å². The van der Waals surface area contributed by atoms with Gasteiger partial charge >= 0.3 is 0 Å². The van der Waals surface area contributed by atoms with Crippen LogP contribution in [0.25, 0.3) is 0 Å². The Morgan fingerprint density at radius 1 is 1.00 bits per heavy atom. The van der Waals surface area contributed by atoms with Gasteiger partial charge in [0.05, 0.1) is 7.11 Å². The van der Waals surface area contributed by atoms with Gasteiger partial charge in [0.25, 0.3) is 0 Å². The Bertz CT molecular complexity index is 658. The average molecular weight is 357 g/mol. The molecule has 4 nitrogen and oxygen atoms in total. The third-order valence-corrected chi connectivity index (χ3v) is 4.72. The predicted molar refractivity (Wildman–Crippen MR) is 108 cm³/mol. The van der Waals surface area contributed by atoms with Crippen LogP contribution < -0.4 is 14.8 Å². The van der Waals surface area contributed by atoms with Crippen LogP contribution in [0.4, 0.5) is 0 Å². The average Bonchev–Trinajstić information content (AvgIpc) is 2.66. The summed E-state index contributed by atoms with van der Waals surface area (Å²) in [5, 5.41) is 3.58. The zero-order valence-corrected chi connectivity index (χ0v) is 16.7. The van der Waals surface area contributed by atoms with E-state index in [1.165, 1.54) is 5.56 Å². The number of rotatable bonds is 10. The van der Waals surface area contributed by atoms with Crippen LogP contribution >= 0.6 is 0 Å². The van der Waals surface area contributed by atoms with Crippen LogP contribution in [0.2, 0.25) is 0 Å². The van der Waals surface area contributed by atoms with Crippen molar-refractivity contribution >= 4 is 0 Å². The van der Waals surface area contributed by atoms with E-state index in [1.54, 1.807) is 7.11 Å². The van der Waals surface area contributed by atoms with Gasteiger partial charge < -0.3 is 19.7 Å². The number of nitrogens with one attached hydrogen (secondary N) is 1. The number of hydrogen-bond acceptors (Lipinski definition) is 4. The lowest BCUT2D eigenvalue weighted by Crippen LogP contribution is -2.34. The molecule has 0 saturated carbocycles. The summed E-state index contributed by atoms with van der Waals surface area (Å²) < 4.78 is 11.5. The van der Waals surface area contributed by atoms with E-state index in [2.05, 4.69) is 62.3 Å². The van der Waals surface area contributed by atoms with E-state index in [-0.39, 0.29) is 6.04 Å². The van der Waals surface area contributed by atoms with Crippen LogP contribution in [0.1, 0.15) is 37.9 Å². The lowest BCUT2D eigenvalue weighted by atomic mass is 10.1. The zero-order valence-electron chi connectivity index (χ0n) is 16.7. The first-order chi connectivity index (χ1) is 12.5. The SMILES string of the molecule is COc1cc(C(C)NCCN(C)C(C)C)ccc1OCc1ccccc1. The van der Waals surface area contributed by atoms with Crippen LogP contribution in [0, 0.1) is 0 Å². The number of benzene rings is 2. The smallest absolute Gasteiger partial charge is 0.161 e. The Kier molecular flexibility index (Phi) is 7.95. The molecule has 0 amide bonds. The highest BCUT2D eigenvalue weighted by molar-refractivity contribution is 5.44. The summed E-state index contributed by atoms with van der Waals surface area (Å²) in [4.78, 5) is 2.33. The molecule has 26 heavy (non-hydrogen) atoms. The first-order valence-electron chi connectivity index (χ1n) is 9.29. The Morgan fingerprint density at radius 2 is 1.73 bits per heavy atom. The molecule has 0 heterocycles. The van der Waals surface area contributed by atoms with Gasteiger partial charge in [-0.3, -0.25) is 0 Å². The third kappa shape index (κ3) is 6.04. The van der Waals surface area contributed by atoms with Gasteiger partial charge in [0.2, 0.25) is 0 Å². The highest BCUT2D eigenvalue weighted by Gasteiger charge is 2.11. The van der Waals surface area contributed by atoms with Crippen LogP contribution in [-0.2, 0) is 6.61 Å². The largest absolute Gasteiger partial charge is 0.493 e. The van der Waals surface area contributed by atoms with E-state index in [4.69, 9.17) is 9.47 Å². The summed E-state index contributed by atoms with van der Waals surface area (Å²) >= 11 is 0. The maximum atomic E-state index is 5.94. The number of methoxy groups -OCH3 is 1. The molecule has 0 bridgehead atoms. The second kappa shape index (κ2) is 10.2. The summed E-state index contributed by atoms with van der Waals surface area (Å²) in [5.41, 5.74) is 2.34. The maximum Gasteiger partial charge on any atom is 0.161 e. The number of nitrogens with zero attached hydrogens (tertiary/aromatic N) is 1. The summed E-state index contributed by atoms with van der Waals surface area (Å²) in [6, 6.07) is 17.1. The standard InChI is InChI=1S/C22H32N2O2/c1-17(2)24(4)14-13-23-18(3)20-11-12-21(22(15-20)25-5)26-16-19-9-7-6-8-10-19/h6-12,15,17-18,23H,13-14,16H2,1-5H3. The summed E-state index contributed by atoms with van der Waals surface area (Å²) in [5.74, 6) is 1.54. The highest BCUT2D eigenvalue weighted by atomic mass is 16.5. The number of ether oxygens (including phenoxy) is 2. The van der Waals surface area contributed by atoms with Gasteiger partial charge in [-0.1, -0.05) is 36.4 Å². The lowest BCUT2D eigenvalue weighted by molar-refractivity contribution is 0.269. The molecule has 0 fully saturated rings. The minimum absolute atomic E-state index is 0.257. The Balaban J connectivity index is 1.94.